The van der Waals surface area contributed by atoms with Crippen LogP contribution in [0, 0.1) is 26.7 Å². The van der Waals surface area contributed by atoms with Gasteiger partial charge in [0.25, 0.3) is 0 Å². The third-order valence-corrected chi connectivity index (χ3v) is 6.68. The molecule has 1 saturated heterocycles. The maximum Gasteiger partial charge on any atom is 0.243 e. The Morgan fingerprint density at radius 3 is 2.46 bits per heavy atom. The van der Waals surface area contributed by atoms with E-state index in [4.69, 9.17) is 0 Å². The number of benzene rings is 1. The van der Waals surface area contributed by atoms with Gasteiger partial charge in [0.15, 0.2) is 0 Å². The second-order valence-electron chi connectivity index (χ2n) is 6.72. The number of carbonyl (C=O) groups excluding carboxylic acids is 1. The van der Waals surface area contributed by atoms with Crippen LogP contribution in [0.3, 0.4) is 0 Å². The Morgan fingerprint density at radius 1 is 1.25 bits per heavy atom. The van der Waals surface area contributed by atoms with Gasteiger partial charge in [-0.1, -0.05) is 24.6 Å². The number of hydrogen-bond donors (Lipinski definition) is 1. The van der Waals surface area contributed by atoms with Crippen LogP contribution in [-0.4, -0.2) is 38.3 Å². The highest BCUT2D eigenvalue weighted by molar-refractivity contribution is 7.89. The number of sulfonamides is 1. The zero-order valence-electron chi connectivity index (χ0n) is 15.1. The number of carbonyl (C=O) groups is 1. The molecule has 0 aromatic heterocycles. The van der Waals surface area contributed by atoms with E-state index in [1.54, 1.807) is 0 Å². The monoisotopic (exact) mass is 352 g/mol. The van der Waals surface area contributed by atoms with Gasteiger partial charge in [0, 0.05) is 19.6 Å². The Balaban J connectivity index is 2.25. The maximum atomic E-state index is 13.1. The Kier molecular flexibility index (Phi) is 6.04. The fraction of sp³-hybridized carbons (Fsp3) is 0.611. The molecule has 1 aliphatic rings. The summed E-state index contributed by atoms with van der Waals surface area (Å²) in [6.07, 6.45) is 2.34. The van der Waals surface area contributed by atoms with Crippen molar-refractivity contribution in [3.05, 3.63) is 28.8 Å². The third-order valence-electron chi connectivity index (χ3n) is 4.51. The molecule has 1 fully saturated rings. The molecule has 1 aromatic carbocycles. The minimum atomic E-state index is -3.57. The van der Waals surface area contributed by atoms with Crippen molar-refractivity contribution in [1.29, 1.82) is 0 Å². The normalized spacial score (nSPS) is 19.2. The predicted octanol–water partition coefficient (Wildman–Crippen LogP) is 2.54. The highest BCUT2D eigenvalue weighted by Crippen LogP contribution is 2.28. The molecule has 5 nitrogen and oxygen atoms in total. The molecule has 6 heteroatoms. The van der Waals surface area contributed by atoms with Crippen molar-refractivity contribution in [2.45, 2.75) is 51.9 Å². The summed E-state index contributed by atoms with van der Waals surface area (Å²) in [5.74, 6) is -0.291. The molecule has 1 heterocycles. The first-order valence-corrected chi connectivity index (χ1v) is 10.1. The number of nitrogens with zero attached hydrogens (tertiary/aromatic N) is 1. The Hall–Kier alpha value is -1.40. The van der Waals surface area contributed by atoms with E-state index < -0.39 is 10.0 Å². The first-order chi connectivity index (χ1) is 11.3. The van der Waals surface area contributed by atoms with E-state index in [-0.39, 0.29) is 18.4 Å². The van der Waals surface area contributed by atoms with Gasteiger partial charge >= 0.3 is 0 Å². The van der Waals surface area contributed by atoms with Crippen LogP contribution in [0.1, 0.15) is 42.9 Å². The van der Waals surface area contributed by atoms with Gasteiger partial charge in [-0.15, -0.1) is 0 Å². The van der Waals surface area contributed by atoms with Crippen molar-refractivity contribution in [2.75, 3.05) is 19.6 Å². The average molecular weight is 353 g/mol. The van der Waals surface area contributed by atoms with E-state index in [0.29, 0.717) is 24.4 Å². The lowest BCUT2D eigenvalue weighted by molar-refractivity contribution is -0.126. The summed E-state index contributed by atoms with van der Waals surface area (Å²) in [6, 6.07) is 3.80. The molecule has 24 heavy (non-hydrogen) atoms. The van der Waals surface area contributed by atoms with Crippen molar-refractivity contribution in [2.24, 2.45) is 5.92 Å². The van der Waals surface area contributed by atoms with Gasteiger partial charge < -0.3 is 5.32 Å². The van der Waals surface area contributed by atoms with Gasteiger partial charge in [-0.25, -0.2) is 8.42 Å². The highest BCUT2D eigenvalue weighted by atomic mass is 32.2. The first-order valence-electron chi connectivity index (χ1n) is 8.63. The van der Waals surface area contributed by atoms with Crippen molar-refractivity contribution in [3.63, 3.8) is 0 Å². The van der Waals surface area contributed by atoms with E-state index in [1.165, 1.54) is 4.31 Å². The van der Waals surface area contributed by atoms with Crippen LogP contribution in [0.2, 0.25) is 0 Å². The number of hydrogen-bond acceptors (Lipinski definition) is 3. The van der Waals surface area contributed by atoms with Crippen LogP contribution in [0.15, 0.2) is 17.0 Å². The number of nitrogens with one attached hydrogen (secondary N) is 1. The smallest absolute Gasteiger partial charge is 0.243 e. The van der Waals surface area contributed by atoms with E-state index >= 15 is 0 Å². The van der Waals surface area contributed by atoms with Gasteiger partial charge in [-0.2, -0.15) is 4.31 Å². The molecule has 134 valence electrons. The van der Waals surface area contributed by atoms with Crippen LogP contribution >= 0.6 is 0 Å². The molecule has 0 saturated carbocycles. The summed E-state index contributed by atoms with van der Waals surface area (Å²) in [6.45, 7) is 9.02. The van der Waals surface area contributed by atoms with Crippen LogP contribution in [-0.2, 0) is 14.8 Å². The SMILES string of the molecule is CCCNC(=O)[C@H]1CCCN(S(=O)(=O)c2c(C)cc(C)cc2C)C1. The van der Waals surface area contributed by atoms with Crippen LogP contribution in [0.4, 0.5) is 0 Å². The molecule has 0 aliphatic carbocycles. The van der Waals surface area contributed by atoms with Crippen LogP contribution in [0.25, 0.3) is 0 Å². The fourth-order valence-corrected chi connectivity index (χ4v) is 5.41. The van der Waals surface area contributed by atoms with E-state index in [2.05, 4.69) is 5.32 Å². The molecule has 0 unspecified atom stereocenters. The molecular weight excluding hydrogens is 324 g/mol. The summed E-state index contributed by atoms with van der Waals surface area (Å²) in [5, 5.41) is 2.88. The first kappa shape index (κ1) is 18.9. The van der Waals surface area contributed by atoms with Crippen LogP contribution in [0.5, 0.6) is 0 Å². The quantitative estimate of drug-likeness (QED) is 0.885. The Bertz CT molecular complexity index is 690. The van der Waals surface area contributed by atoms with Gasteiger partial charge in [0.05, 0.1) is 10.8 Å². The van der Waals surface area contributed by atoms with Gasteiger partial charge in [-0.3, -0.25) is 4.79 Å². The minimum absolute atomic E-state index is 0.0332. The second-order valence-corrected chi connectivity index (χ2v) is 8.60. The third kappa shape index (κ3) is 3.98. The summed E-state index contributed by atoms with van der Waals surface area (Å²) in [7, 11) is -3.57. The Labute approximate surface area is 145 Å². The van der Waals surface area contributed by atoms with E-state index in [1.807, 2.05) is 39.8 Å². The van der Waals surface area contributed by atoms with E-state index in [0.717, 1.165) is 29.5 Å². The predicted molar refractivity (Wildman–Crippen MR) is 95.4 cm³/mol. The average Bonchev–Trinajstić information content (AvgIpc) is 2.51. The fourth-order valence-electron chi connectivity index (χ4n) is 3.47. The molecule has 1 aromatic rings. The lowest BCUT2D eigenvalue weighted by Gasteiger charge is -2.32. The zero-order chi connectivity index (χ0) is 17.9. The summed E-state index contributed by atoms with van der Waals surface area (Å²) in [5.41, 5.74) is 2.59. The molecule has 1 atom stereocenters. The molecule has 0 radical (unpaired) electrons. The molecule has 2 rings (SSSR count). The lowest BCUT2D eigenvalue weighted by atomic mass is 9.99. The molecular formula is C18H28N2O3S. The van der Waals surface area contributed by atoms with Gasteiger partial charge in [0.2, 0.25) is 15.9 Å². The molecule has 0 spiro atoms. The summed E-state index contributed by atoms with van der Waals surface area (Å²) >= 11 is 0. The Morgan fingerprint density at radius 2 is 1.88 bits per heavy atom. The number of rotatable bonds is 5. The highest BCUT2D eigenvalue weighted by Gasteiger charge is 2.34. The van der Waals surface area contributed by atoms with Crippen LogP contribution < -0.4 is 5.32 Å². The summed E-state index contributed by atoms with van der Waals surface area (Å²) < 4.78 is 27.7. The lowest BCUT2D eigenvalue weighted by Crippen LogP contribution is -2.45. The molecule has 0 bridgehead atoms. The molecule has 1 amide bonds. The zero-order valence-corrected chi connectivity index (χ0v) is 15.9. The van der Waals surface area contributed by atoms with Crippen molar-refractivity contribution < 1.29 is 13.2 Å². The van der Waals surface area contributed by atoms with Crippen molar-refractivity contribution >= 4 is 15.9 Å². The second kappa shape index (κ2) is 7.66. The number of amides is 1. The maximum absolute atomic E-state index is 13.1. The van der Waals surface area contributed by atoms with Crippen molar-refractivity contribution in [1.82, 2.24) is 9.62 Å². The largest absolute Gasteiger partial charge is 0.356 e. The standard InChI is InChI=1S/C18H28N2O3S/c1-5-8-19-18(21)16-7-6-9-20(12-16)24(22,23)17-14(3)10-13(2)11-15(17)4/h10-11,16H,5-9,12H2,1-4H3,(H,19,21)/t16-/m0/s1. The van der Waals surface area contributed by atoms with Gasteiger partial charge in [0.1, 0.15) is 0 Å². The number of piperidine rings is 1. The van der Waals surface area contributed by atoms with E-state index in [9.17, 15) is 13.2 Å². The van der Waals surface area contributed by atoms with Gasteiger partial charge in [-0.05, 0) is 51.2 Å². The topological polar surface area (TPSA) is 66.5 Å². The van der Waals surface area contributed by atoms with Crippen molar-refractivity contribution in [3.8, 4) is 0 Å². The number of aryl methyl sites for hydroxylation is 3. The molecule has 1 N–H and O–H groups in total. The minimum Gasteiger partial charge on any atom is -0.356 e. The summed E-state index contributed by atoms with van der Waals surface area (Å²) in [4.78, 5) is 12.6. The molecule has 1 aliphatic heterocycles.